The molecule has 0 aliphatic rings. The SMILES string of the molecule is Cc1cccc(C(=O)Nc2ccc(CN)cn2)c1C. The number of anilines is 1. The van der Waals surface area contributed by atoms with Gasteiger partial charge in [-0.05, 0) is 42.7 Å². The Morgan fingerprint density at radius 1 is 1.26 bits per heavy atom. The third-order valence-electron chi connectivity index (χ3n) is 3.15. The number of aromatic nitrogens is 1. The first-order valence-electron chi connectivity index (χ1n) is 6.14. The van der Waals surface area contributed by atoms with Crippen molar-refractivity contribution in [3.63, 3.8) is 0 Å². The fourth-order valence-corrected chi connectivity index (χ4v) is 1.80. The van der Waals surface area contributed by atoms with Crippen LogP contribution in [0.2, 0.25) is 0 Å². The van der Waals surface area contributed by atoms with Crippen molar-refractivity contribution in [2.45, 2.75) is 20.4 Å². The molecule has 0 fully saturated rings. The summed E-state index contributed by atoms with van der Waals surface area (Å²) in [6.07, 6.45) is 1.67. The Morgan fingerprint density at radius 3 is 2.68 bits per heavy atom. The maximum absolute atomic E-state index is 12.2. The van der Waals surface area contributed by atoms with Crippen molar-refractivity contribution in [2.24, 2.45) is 5.73 Å². The Balaban J connectivity index is 2.18. The minimum atomic E-state index is -0.144. The quantitative estimate of drug-likeness (QED) is 0.885. The molecular formula is C15H17N3O. The highest BCUT2D eigenvalue weighted by atomic mass is 16.1. The third kappa shape index (κ3) is 2.98. The average Bonchev–Trinajstić information content (AvgIpc) is 2.42. The van der Waals surface area contributed by atoms with Gasteiger partial charge in [-0.1, -0.05) is 18.2 Å². The van der Waals surface area contributed by atoms with E-state index < -0.39 is 0 Å². The van der Waals surface area contributed by atoms with E-state index >= 15 is 0 Å². The number of carbonyl (C=O) groups is 1. The van der Waals surface area contributed by atoms with E-state index in [2.05, 4.69) is 10.3 Å². The molecule has 19 heavy (non-hydrogen) atoms. The Bertz CT molecular complexity index is 591. The van der Waals surface area contributed by atoms with Gasteiger partial charge in [0.25, 0.3) is 5.91 Å². The van der Waals surface area contributed by atoms with Crippen molar-refractivity contribution in [1.82, 2.24) is 4.98 Å². The van der Waals surface area contributed by atoms with Gasteiger partial charge in [-0.15, -0.1) is 0 Å². The molecule has 0 spiro atoms. The summed E-state index contributed by atoms with van der Waals surface area (Å²) < 4.78 is 0. The number of hydrogen-bond acceptors (Lipinski definition) is 3. The van der Waals surface area contributed by atoms with Gasteiger partial charge in [0.1, 0.15) is 5.82 Å². The van der Waals surface area contributed by atoms with Crippen molar-refractivity contribution in [2.75, 3.05) is 5.32 Å². The van der Waals surface area contributed by atoms with Crippen LogP contribution in [0, 0.1) is 13.8 Å². The van der Waals surface area contributed by atoms with Crippen LogP contribution in [-0.4, -0.2) is 10.9 Å². The lowest BCUT2D eigenvalue weighted by Crippen LogP contribution is -2.14. The van der Waals surface area contributed by atoms with Crippen LogP contribution in [0.3, 0.4) is 0 Å². The number of benzene rings is 1. The molecule has 0 aliphatic carbocycles. The fraction of sp³-hybridized carbons (Fsp3) is 0.200. The molecule has 0 radical (unpaired) electrons. The number of rotatable bonds is 3. The summed E-state index contributed by atoms with van der Waals surface area (Å²) in [5, 5.41) is 2.79. The molecule has 2 rings (SSSR count). The molecule has 98 valence electrons. The predicted molar refractivity (Wildman–Crippen MR) is 76.0 cm³/mol. The first-order chi connectivity index (χ1) is 9.11. The Kier molecular flexibility index (Phi) is 3.92. The highest BCUT2D eigenvalue weighted by molar-refractivity contribution is 6.04. The Morgan fingerprint density at radius 2 is 2.05 bits per heavy atom. The average molecular weight is 255 g/mol. The van der Waals surface area contributed by atoms with Crippen LogP contribution in [0.15, 0.2) is 36.5 Å². The van der Waals surface area contributed by atoms with E-state index in [1.165, 1.54) is 0 Å². The van der Waals surface area contributed by atoms with Crippen LogP contribution in [0.25, 0.3) is 0 Å². The molecular weight excluding hydrogens is 238 g/mol. The first-order valence-corrected chi connectivity index (χ1v) is 6.14. The molecule has 0 bridgehead atoms. The van der Waals surface area contributed by atoms with Gasteiger partial charge in [-0.3, -0.25) is 4.79 Å². The molecule has 4 heteroatoms. The number of amides is 1. The van der Waals surface area contributed by atoms with E-state index in [9.17, 15) is 4.79 Å². The molecule has 0 unspecified atom stereocenters. The zero-order valence-corrected chi connectivity index (χ0v) is 11.1. The second-order valence-electron chi connectivity index (χ2n) is 4.46. The number of nitrogens with two attached hydrogens (primary N) is 1. The van der Waals surface area contributed by atoms with Crippen molar-refractivity contribution in [3.05, 3.63) is 58.8 Å². The fourth-order valence-electron chi connectivity index (χ4n) is 1.80. The Labute approximate surface area is 112 Å². The summed E-state index contributed by atoms with van der Waals surface area (Å²) in [6.45, 7) is 4.37. The molecule has 3 N–H and O–H groups in total. The number of aryl methyl sites for hydroxylation is 1. The van der Waals surface area contributed by atoms with Gasteiger partial charge in [0.2, 0.25) is 0 Å². The predicted octanol–water partition coefficient (Wildman–Crippen LogP) is 2.41. The molecule has 0 saturated heterocycles. The highest BCUT2D eigenvalue weighted by Crippen LogP contribution is 2.14. The standard InChI is InChI=1S/C15H17N3O/c1-10-4-3-5-13(11(10)2)15(19)18-14-7-6-12(8-16)9-17-14/h3-7,9H,8,16H2,1-2H3,(H,17,18,19). The van der Waals surface area contributed by atoms with Crippen LogP contribution in [-0.2, 0) is 6.54 Å². The van der Waals surface area contributed by atoms with Crippen molar-refractivity contribution in [1.29, 1.82) is 0 Å². The van der Waals surface area contributed by atoms with Crippen molar-refractivity contribution < 1.29 is 4.79 Å². The molecule has 1 aromatic carbocycles. The van der Waals surface area contributed by atoms with Crippen molar-refractivity contribution >= 4 is 11.7 Å². The van der Waals surface area contributed by atoms with E-state index in [1.807, 2.05) is 38.1 Å². The molecule has 0 saturated carbocycles. The minimum absolute atomic E-state index is 0.144. The molecule has 4 nitrogen and oxygen atoms in total. The largest absolute Gasteiger partial charge is 0.326 e. The minimum Gasteiger partial charge on any atom is -0.326 e. The second-order valence-corrected chi connectivity index (χ2v) is 4.46. The molecule has 0 atom stereocenters. The van der Waals surface area contributed by atoms with Crippen LogP contribution in [0.5, 0.6) is 0 Å². The zero-order chi connectivity index (χ0) is 13.8. The van der Waals surface area contributed by atoms with Crippen LogP contribution in [0.1, 0.15) is 27.0 Å². The number of hydrogen-bond donors (Lipinski definition) is 2. The van der Waals surface area contributed by atoms with Gasteiger partial charge in [0, 0.05) is 18.3 Å². The second kappa shape index (κ2) is 5.63. The van der Waals surface area contributed by atoms with Gasteiger partial charge in [0.15, 0.2) is 0 Å². The van der Waals surface area contributed by atoms with Gasteiger partial charge in [-0.25, -0.2) is 4.98 Å². The van der Waals surface area contributed by atoms with E-state index in [0.717, 1.165) is 16.7 Å². The number of pyridine rings is 1. The molecule has 1 heterocycles. The summed E-state index contributed by atoms with van der Waals surface area (Å²) in [4.78, 5) is 16.3. The molecule has 2 aromatic rings. The summed E-state index contributed by atoms with van der Waals surface area (Å²) in [6, 6.07) is 9.28. The normalized spacial score (nSPS) is 10.3. The maximum atomic E-state index is 12.2. The lowest BCUT2D eigenvalue weighted by molar-refractivity contribution is 0.102. The highest BCUT2D eigenvalue weighted by Gasteiger charge is 2.10. The first kappa shape index (κ1) is 13.2. The van der Waals surface area contributed by atoms with Crippen LogP contribution < -0.4 is 11.1 Å². The van der Waals surface area contributed by atoms with Crippen molar-refractivity contribution in [3.8, 4) is 0 Å². The smallest absolute Gasteiger partial charge is 0.257 e. The monoisotopic (exact) mass is 255 g/mol. The van der Waals surface area contributed by atoms with E-state index in [0.29, 0.717) is 17.9 Å². The third-order valence-corrected chi connectivity index (χ3v) is 3.15. The van der Waals surface area contributed by atoms with Gasteiger partial charge in [-0.2, -0.15) is 0 Å². The Hall–Kier alpha value is -2.20. The summed E-state index contributed by atoms with van der Waals surface area (Å²) in [7, 11) is 0. The summed E-state index contributed by atoms with van der Waals surface area (Å²) >= 11 is 0. The van der Waals surface area contributed by atoms with Gasteiger partial charge < -0.3 is 11.1 Å². The topological polar surface area (TPSA) is 68.0 Å². The van der Waals surface area contributed by atoms with E-state index in [-0.39, 0.29) is 5.91 Å². The number of carbonyl (C=O) groups excluding carboxylic acids is 1. The van der Waals surface area contributed by atoms with Gasteiger partial charge >= 0.3 is 0 Å². The number of nitrogens with one attached hydrogen (secondary N) is 1. The lowest BCUT2D eigenvalue weighted by atomic mass is 10.0. The zero-order valence-electron chi connectivity index (χ0n) is 11.1. The van der Waals surface area contributed by atoms with Crippen LogP contribution in [0.4, 0.5) is 5.82 Å². The van der Waals surface area contributed by atoms with Crippen LogP contribution >= 0.6 is 0 Å². The molecule has 1 aromatic heterocycles. The number of nitrogens with zero attached hydrogens (tertiary/aromatic N) is 1. The summed E-state index contributed by atoms with van der Waals surface area (Å²) in [5.74, 6) is 0.386. The summed E-state index contributed by atoms with van der Waals surface area (Å²) in [5.41, 5.74) is 9.19. The molecule has 0 aliphatic heterocycles. The maximum Gasteiger partial charge on any atom is 0.257 e. The van der Waals surface area contributed by atoms with E-state index in [4.69, 9.17) is 5.73 Å². The van der Waals surface area contributed by atoms with Gasteiger partial charge in [0.05, 0.1) is 0 Å². The van der Waals surface area contributed by atoms with E-state index in [1.54, 1.807) is 12.3 Å². The molecule has 1 amide bonds. The lowest BCUT2D eigenvalue weighted by Gasteiger charge is -2.09.